The number of amides is 1. The van der Waals surface area contributed by atoms with Crippen LogP contribution in [0.5, 0.6) is 0 Å². The number of carbonyl (C=O) groups excluding carboxylic acids is 1. The first-order chi connectivity index (χ1) is 9.66. The van der Waals surface area contributed by atoms with Gasteiger partial charge in [-0.15, -0.1) is 0 Å². The molecule has 4 heteroatoms. The quantitative estimate of drug-likeness (QED) is 0.899. The number of carboxylic acids is 1. The number of hydrogen-bond donors (Lipinski definition) is 1. The summed E-state index contributed by atoms with van der Waals surface area (Å²) in [4.78, 5) is 25.4. The van der Waals surface area contributed by atoms with Gasteiger partial charge in [-0.1, -0.05) is 6.07 Å². The van der Waals surface area contributed by atoms with Gasteiger partial charge in [-0.3, -0.25) is 4.79 Å². The Morgan fingerprint density at radius 3 is 2.70 bits per heavy atom. The molecule has 1 saturated heterocycles. The summed E-state index contributed by atoms with van der Waals surface area (Å²) < 4.78 is 0. The zero-order valence-electron chi connectivity index (χ0n) is 11.5. The molecule has 0 bridgehead atoms. The van der Waals surface area contributed by atoms with E-state index in [4.69, 9.17) is 0 Å². The highest BCUT2D eigenvalue weighted by atomic mass is 16.4. The van der Waals surface area contributed by atoms with Gasteiger partial charge in [0, 0.05) is 12.1 Å². The number of hydrogen-bond acceptors (Lipinski definition) is 2. The Hall–Kier alpha value is -1.84. The van der Waals surface area contributed by atoms with E-state index in [0.29, 0.717) is 18.5 Å². The Bertz CT molecular complexity index is 553. The lowest BCUT2D eigenvalue weighted by atomic mass is 9.99. The molecule has 1 unspecified atom stereocenters. The molecular weight excluding hydrogens is 254 g/mol. The minimum absolute atomic E-state index is 0.133. The van der Waals surface area contributed by atoms with Crippen LogP contribution in [0.4, 0.5) is 0 Å². The number of carboxylic acid groups (broad SMARTS) is 1. The third kappa shape index (κ3) is 2.30. The first kappa shape index (κ1) is 13.2. The summed E-state index contributed by atoms with van der Waals surface area (Å²) in [6, 6.07) is 5.16. The molecule has 1 atom stereocenters. The maximum Gasteiger partial charge on any atom is 0.326 e. The molecule has 0 aromatic heterocycles. The van der Waals surface area contributed by atoms with E-state index in [-0.39, 0.29) is 5.91 Å². The van der Waals surface area contributed by atoms with Gasteiger partial charge in [0.15, 0.2) is 0 Å². The lowest BCUT2D eigenvalue weighted by Crippen LogP contribution is -2.48. The van der Waals surface area contributed by atoms with Crippen molar-refractivity contribution in [1.82, 2.24) is 4.90 Å². The Kier molecular flexibility index (Phi) is 3.47. The van der Waals surface area contributed by atoms with Crippen molar-refractivity contribution in [2.24, 2.45) is 0 Å². The smallest absolute Gasteiger partial charge is 0.326 e. The molecule has 2 aliphatic rings. The molecule has 1 amide bonds. The first-order valence-electron chi connectivity index (χ1n) is 7.32. The number of benzene rings is 1. The first-order valence-corrected chi connectivity index (χ1v) is 7.32. The average Bonchev–Trinajstić information content (AvgIpc) is 2.93. The number of aryl methyl sites for hydroxylation is 2. The van der Waals surface area contributed by atoms with Gasteiger partial charge in [0.25, 0.3) is 5.91 Å². The fourth-order valence-corrected chi connectivity index (χ4v) is 3.30. The van der Waals surface area contributed by atoms with Crippen LogP contribution in [0.25, 0.3) is 0 Å². The van der Waals surface area contributed by atoms with Crippen molar-refractivity contribution >= 4 is 11.9 Å². The summed E-state index contributed by atoms with van der Waals surface area (Å²) in [7, 11) is 0. The third-order valence-electron chi connectivity index (χ3n) is 4.39. The van der Waals surface area contributed by atoms with Crippen LogP contribution in [0.3, 0.4) is 0 Å². The zero-order chi connectivity index (χ0) is 14.1. The summed E-state index contributed by atoms with van der Waals surface area (Å²) in [5.74, 6) is -1.02. The van der Waals surface area contributed by atoms with Gasteiger partial charge in [0.2, 0.25) is 0 Å². The van der Waals surface area contributed by atoms with Crippen molar-refractivity contribution in [3.05, 3.63) is 34.9 Å². The van der Waals surface area contributed by atoms with Crippen LogP contribution in [0.1, 0.15) is 47.2 Å². The molecule has 1 heterocycles. The molecule has 1 aliphatic heterocycles. The van der Waals surface area contributed by atoms with E-state index >= 15 is 0 Å². The van der Waals surface area contributed by atoms with Crippen molar-refractivity contribution < 1.29 is 14.7 Å². The molecular formula is C16H19NO3. The second-order valence-corrected chi connectivity index (χ2v) is 5.69. The number of piperidine rings is 1. The van der Waals surface area contributed by atoms with Crippen LogP contribution in [0.2, 0.25) is 0 Å². The zero-order valence-corrected chi connectivity index (χ0v) is 11.5. The highest BCUT2D eigenvalue weighted by molar-refractivity contribution is 5.97. The Labute approximate surface area is 118 Å². The number of rotatable bonds is 2. The summed E-state index contributed by atoms with van der Waals surface area (Å²) in [5.41, 5.74) is 3.22. The highest BCUT2D eigenvalue weighted by Crippen LogP contribution is 2.25. The number of nitrogens with zero attached hydrogens (tertiary/aromatic N) is 1. The summed E-state index contributed by atoms with van der Waals surface area (Å²) >= 11 is 0. The topological polar surface area (TPSA) is 57.6 Å². The summed E-state index contributed by atoms with van der Waals surface area (Å²) in [5, 5.41) is 9.27. The van der Waals surface area contributed by atoms with E-state index in [9.17, 15) is 14.7 Å². The van der Waals surface area contributed by atoms with Crippen molar-refractivity contribution in [3.8, 4) is 0 Å². The molecule has 1 aromatic carbocycles. The van der Waals surface area contributed by atoms with Crippen LogP contribution in [-0.4, -0.2) is 34.5 Å². The standard InChI is InChI=1S/C16H19NO3/c18-15(17-9-2-1-6-14(17)16(19)20)13-8-7-11-4-3-5-12(11)10-13/h7-8,10,14H,1-6,9H2,(H,19,20). The van der Waals surface area contributed by atoms with Gasteiger partial charge < -0.3 is 10.0 Å². The molecule has 20 heavy (non-hydrogen) atoms. The normalized spacial score (nSPS) is 21.6. The van der Waals surface area contributed by atoms with Crippen molar-refractivity contribution in [1.29, 1.82) is 0 Å². The molecule has 3 rings (SSSR count). The fraction of sp³-hybridized carbons (Fsp3) is 0.500. The highest BCUT2D eigenvalue weighted by Gasteiger charge is 2.32. The Morgan fingerprint density at radius 2 is 1.90 bits per heavy atom. The lowest BCUT2D eigenvalue weighted by molar-refractivity contribution is -0.143. The van der Waals surface area contributed by atoms with Gasteiger partial charge in [0.1, 0.15) is 6.04 Å². The number of aliphatic carboxylic acids is 1. The lowest BCUT2D eigenvalue weighted by Gasteiger charge is -2.33. The molecule has 1 N–H and O–H groups in total. The van der Waals surface area contributed by atoms with E-state index < -0.39 is 12.0 Å². The Morgan fingerprint density at radius 1 is 1.10 bits per heavy atom. The second kappa shape index (κ2) is 5.27. The Balaban J connectivity index is 1.85. The summed E-state index contributed by atoms with van der Waals surface area (Å²) in [6.45, 7) is 0.548. The number of likely N-dealkylation sites (tertiary alicyclic amines) is 1. The van der Waals surface area contributed by atoms with Gasteiger partial charge >= 0.3 is 5.97 Å². The fourth-order valence-electron chi connectivity index (χ4n) is 3.30. The minimum atomic E-state index is -0.890. The minimum Gasteiger partial charge on any atom is -0.480 e. The molecule has 4 nitrogen and oxygen atoms in total. The van der Waals surface area contributed by atoms with Crippen LogP contribution in [-0.2, 0) is 17.6 Å². The van der Waals surface area contributed by atoms with E-state index in [2.05, 4.69) is 0 Å². The summed E-state index contributed by atoms with van der Waals surface area (Å²) in [6.07, 6.45) is 5.59. The monoisotopic (exact) mass is 273 g/mol. The SMILES string of the molecule is O=C(O)C1CCCCN1C(=O)c1ccc2c(c1)CCC2. The van der Waals surface area contributed by atoms with Crippen LogP contribution >= 0.6 is 0 Å². The molecule has 106 valence electrons. The van der Waals surface area contributed by atoms with Gasteiger partial charge in [0.05, 0.1) is 0 Å². The maximum absolute atomic E-state index is 12.6. The van der Waals surface area contributed by atoms with Gasteiger partial charge in [-0.05, 0) is 61.8 Å². The number of fused-ring (bicyclic) bond motifs is 1. The van der Waals surface area contributed by atoms with E-state index in [1.165, 1.54) is 16.0 Å². The van der Waals surface area contributed by atoms with Crippen molar-refractivity contribution in [2.75, 3.05) is 6.54 Å². The van der Waals surface area contributed by atoms with Crippen molar-refractivity contribution in [3.63, 3.8) is 0 Å². The van der Waals surface area contributed by atoms with Crippen LogP contribution < -0.4 is 0 Å². The van der Waals surface area contributed by atoms with E-state index in [0.717, 1.165) is 32.1 Å². The van der Waals surface area contributed by atoms with Crippen LogP contribution in [0, 0.1) is 0 Å². The second-order valence-electron chi connectivity index (χ2n) is 5.69. The van der Waals surface area contributed by atoms with E-state index in [1.807, 2.05) is 18.2 Å². The van der Waals surface area contributed by atoms with Crippen LogP contribution in [0.15, 0.2) is 18.2 Å². The molecule has 0 spiro atoms. The molecule has 1 fully saturated rings. The molecule has 0 radical (unpaired) electrons. The average molecular weight is 273 g/mol. The number of carbonyl (C=O) groups is 2. The van der Waals surface area contributed by atoms with Gasteiger partial charge in [-0.2, -0.15) is 0 Å². The predicted molar refractivity (Wildman–Crippen MR) is 74.8 cm³/mol. The largest absolute Gasteiger partial charge is 0.480 e. The molecule has 0 saturated carbocycles. The van der Waals surface area contributed by atoms with Crippen molar-refractivity contribution in [2.45, 2.75) is 44.6 Å². The predicted octanol–water partition coefficient (Wildman–Crippen LogP) is 2.25. The maximum atomic E-state index is 12.6. The molecule has 1 aliphatic carbocycles. The third-order valence-corrected chi connectivity index (χ3v) is 4.39. The molecule has 1 aromatic rings. The van der Waals surface area contributed by atoms with E-state index in [1.54, 1.807) is 0 Å². The van der Waals surface area contributed by atoms with Gasteiger partial charge in [-0.25, -0.2) is 4.79 Å².